The molecule has 2 heterocycles. The average Bonchev–Trinajstić information content (AvgIpc) is 2.94. The highest BCUT2D eigenvalue weighted by atomic mass is 32.1. The van der Waals surface area contributed by atoms with Crippen LogP contribution in [0.25, 0.3) is 0 Å². The van der Waals surface area contributed by atoms with Crippen molar-refractivity contribution in [3.63, 3.8) is 0 Å². The van der Waals surface area contributed by atoms with Gasteiger partial charge in [0, 0.05) is 19.7 Å². The number of aromatic nitrogens is 3. The molecule has 1 aromatic carbocycles. The smallest absolute Gasteiger partial charge is 0.226 e. The minimum atomic E-state index is -0.169. The number of carbonyl (C=O) groups excluding carboxylic acids is 1. The van der Waals surface area contributed by atoms with E-state index in [-0.39, 0.29) is 17.9 Å². The summed E-state index contributed by atoms with van der Waals surface area (Å²) >= 11 is 5.17. The standard InChI is InChI=1S/C17H22N4O2S/c1-12-19-20-17(24)21(12)10-9-18-16(22)14-8-5-11-23-15(14)13-6-3-2-4-7-13/h2-4,6-7,14-15H,5,8-11H2,1H3,(H,18,22)(H,20,24). The van der Waals surface area contributed by atoms with E-state index in [0.717, 1.165) is 24.2 Å². The van der Waals surface area contributed by atoms with E-state index < -0.39 is 0 Å². The van der Waals surface area contributed by atoms with Crippen LogP contribution in [0.5, 0.6) is 0 Å². The first-order valence-corrected chi connectivity index (χ1v) is 8.63. The third-order valence-electron chi connectivity index (χ3n) is 4.37. The molecule has 1 aliphatic rings. The van der Waals surface area contributed by atoms with E-state index in [1.165, 1.54) is 0 Å². The average molecular weight is 346 g/mol. The number of aryl methyl sites for hydroxylation is 1. The van der Waals surface area contributed by atoms with Crippen molar-refractivity contribution in [1.82, 2.24) is 20.1 Å². The lowest BCUT2D eigenvalue weighted by molar-refractivity contribution is -0.134. The molecule has 2 unspecified atom stereocenters. The minimum absolute atomic E-state index is 0.0382. The maximum Gasteiger partial charge on any atom is 0.226 e. The molecular formula is C17H22N4O2S. The minimum Gasteiger partial charge on any atom is -0.373 e. The summed E-state index contributed by atoms with van der Waals surface area (Å²) in [6, 6.07) is 9.96. The van der Waals surface area contributed by atoms with Gasteiger partial charge in [0.25, 0.3) is 0 Å². The molecular weight excluding hydrogens is 324 g/mol. The normalized spacial score (nSPS) is 20.7. The second-order valence-electron chi connectivity index (χ2n) is 5.97. The Morgan fingerprint density at radius 3 is 2.96 bits per heavy atom. The fourth-order valence-electron chi connectivity index (χ4n) is 3.10. The molecule has 0 saturated carbocycles. The van der Waals surface area contributed by atoms with Gasteiger partial charge in [-0.2, -0.15) is 5.10 Å². The molecule has 1 saturated heterocycles. The first-order chi connectivity index (χ1) is 11.7. The summed E-state index contributed by atoms with van der Waals surface area (Å²) < 4.78 is 8.34. The highest BCUT2D eigenvalue weighted by molar-refractivity contribution is 7.71. The third kappa shape index (κ3) is 3.73. The zero-order valence-electron chi connectivity index (χ0n) is 13.7. The quantitative estimate of drug-likeness (QED) is 0.816. The van der Waals surface area contributed by atoms with E-state index in [9.17, 15) is 4.79 Å². The molecule has 0 aliphatic carbocycles. The van der Waals surface area contributed by atoms with E-state index in [2.05, 4.69) is 15.5 Å². The lowest BCUT2D eigenvalue weighted by Gasteiger charge is -2.31. The lowest BCUT2D eigenvalue weighted by atomic mass is 9.89. The van der Waals surface area contributed by atoms with E-state index in [4.69, 9.17) is 17.0 Å². The molecule has 128 valence electrons. The second-order valence-corrected chi connectivity index (χ2v) is 6.36. The number of hydrogen-bond acceptors (Lipinski definition) is 4. The SMILES string of the molecule is Cc1n[nH]c(=S)n1CCNC(=O)C1CCCOC1c1ccccc1. The van der Waals surface area contributed by atoms with Crippen LogP contribution in [-0.4, -0.2) is 33.8 Å². The summed E-state index contributed by atoms with van der Waals surface area (Å²) in [6.45, 7) is 3.71. The molecule has 6 nitrogen and oxygen atoms in total. The van der Waals surface area contributed by atoms with Crippen LogP contribution in [-0.2, 0) is 16.1 Å². The zero-order valence-corrected chi connectivity index (χ0v) is 14.5. The van der Waals surface area contributed by atoms with E-state index in [1.807, 2.05) is 41.8 Å². The number of amides is 1. The van der Waals surface area contributed by atoms with Crippen LogP contribution in [0.1, 0.15) is 30.3 Å². The van der Waals surface area contributed by atoms with Gasteiger partial charge in [-0.15, -0.1) is 0 Å². The zero-order chi connectivity index (χ0) is 16.9. The van der Waals surface area contributed by atoms with Gasteiger partial charge in [-0.1, -0.05) is 30.3 Å². The van der Waals surface area contributed by atoms with Crippen LogP contribution in [0, 0.1) is 17.6 Å². The number of H-pyrrole nitrogens is 1. The number of aromatic amines is 1. The predicted molar refractivity (Wildman–Crippen MR) is 93.0 cm³/mol. The Balaban J connectivity index is 1.61. The van der Waals surface area contributed by atoms with Crippen LogP contribution in [0.2, 0.25) is 0 Å². The van der Waals surface area contributed by atoms with Crippen molar-refractivity contribution < 1.29 is 9.53 Å². The first kappa shape index (κ1) is 16.9. The Kier molecular flexibility index (Phi) is 5.42. The van der Waals surface area contributed by atoms with Gasteiger partial charge in [-0.05, 0) is 37.5 Å². The molecule has 0 radical (unpaired) electrons. The summed E-state index contributed by atoms with van der Waals surface area (Å²) in [7, 11) is 0. The Labute approximate surface area is 146 Å². The number of benzene rings is 1. The van der Waals surface area contributed by atoms with Crippen LogP contribution >= 0.6 is 12.2 Å². The van der Waals surface area contributed by atoms with Crippen molar-refractivity contribution in [3.05, 3.63) is 46.5 Å². The van der Waals surface area contributed by atoms with Crippen LogP contribution in [0.3, 0.4) is 0 Å². The summed E-state index contributed by atoms with van der Waals surface area (Å²) in [5.41, 5.74) is 1.06. The van der Waals surface area contributed by atoms with Crippen molar-refractivity contribution in [2.45, 2.75) is 32.4 Å². The van der Waals surface area contributed by atoms with Crippen LogP contribution in [0.15, 0.2) is 30.3 Å². The molecule has 1 fully saturated rings. The Morgan fingerprint density at radius 2 is 2.25 bits per heavy atom. The van der Waals surface area contributed by atoms with Crippen molar-refractivity contribution >= 4 is 18.1 Å². The molecule has 0 bridgehead atoms. The van der Waals surface area contributed by atoms with Crippen molar-refractivity contribution in [2.24, 2.45) is 5.92 Å². The molecule has 1 amide bonds. The number of hydrogen-bond donors (Lipinski definition) is 2. The fraction of sp³-hybridized carbons (Fsp3) is 0.471. The number of nitrogens with one attached hydrogen (secondary N) is 2. The second kappa shape index (κ2) is 7.72. The summed E-state index contributed by atoms with van der Waals surface area (Å²) in [5, 5.41) is 9.84. The maximum absolute atomic E-state index is 12.6. The van der Waals surface area contributed by atoms with Gasteiger partial charge in [-0.3, -0.25) is 9.89 Å². The van der Waals surface area contributed by atoms with Gasteiger partial charge in [0.05, 0.1) is 12.0 Å². The number of rotatable bonds is 5. The molecule has 1 aliphatic heterocycles. The Bertz CT molecular complexity index is 741. The van der Waals surface area contributed by atoms with E-state index in [1.54, 1.807) is 0 Å². The topological polar surface area (TPSA) is 71.9 Å². The molecule has 0 spiro atoms. The van der Waals surface area contributed by atoms with Gasteiger partial charge in [0.2, 0.25) is 5.91 Å². The molecule has 24 heavy (non-hydrogen) atoms. The van der Waals surface area contributed by atoms with Crippen LogP contribution in [0.4, 0.5) is 0 Å². The molecule has 3 rings (SSSR count). The van der Waals surface area contributed by atoms with Crippen molar-refractivity contribution in [1.29, 1.82) is 0 Å². The van der Waals surface area contributed by atoms with Gasteiger partial charge >= 0.3 is 0 Å². The van der Waals surface area contributed by atoms with Crippen molar-refractivity contribution in [3.8, 4) is 0 Å². The highest BCUT2D eigenvalue weighted by Gasteiger charge is 2.32. The summed E-state index contributed by atoms with van der Waals surface area (Å²) in [5.74, 6) is 0.702. The van der Waals surface area contributed by atoms with Crippen LogP contribution < -0.4 is 5.32 Å². The predicted octanol–water partition coefficient (Wildman–Crippen LogP) is 2.53. The molecule has 1 aromatic heterocycles. The monoisotopic (exact) mass is 346 g/mol. The summed E-state index contributed by atoms with van der Waals surface area (Å²) in [6.07, 6.45) is 1.58. The Morgan fingerprint density at radius 1 is 1.46 bits per heavy atom. The number of ether oxygens (including phenoxy) is 1. The first-order valence-electron chi connectivity index (χ1n) is 8.23. The summed E-state index contributed by atoms with van der Waals surface area (Å²) in [4.78, 5) is 12.6. The van der Waals surface area contributed by atoms with E-state index >= 15 is 0 Å². The molecule has 7 heteroatoms. The van der Waals surface area contributed by atoms with Gasteiger partial charge in [-0.25, -0.2) is 0 Å². The van der Waals surface area contributed by atoms with Gasteiger partial charge in [0.15, 0.2) is 4.77 Å². The maximum atomic E-state index is 12.6. The number of nitrogens with zero attached hydrogens (tertiary/aromatic N) is 2. The Hall–Kier alpha value is -1.99. The van der Waals surface area contributed by atoms with Gasteiger partial charge < -0.3 is 14.6 Å². The third-order valence-corrected chi connectivity index (χ3v) is 4.68. The molecule has 2 atom stereocenters. The molecule has 2 N–H and O–H groups in total. The fourth-order valence-corrected chi connectivity index (χ4v) is 3.37. The number of carbonyl (C=O) groups is 1. The largest absolute Gasteiger partial charge is 0.373 e. The lowest BCUT2D eigenvalue weighted by Crippen LogP contribution is -2.38. The highest BCUT2D eigenvalue weighted by Crippen LogP contribution is 2.33. The van der Waals surface area contributed by atoms with E-state index in [0.29, 0.717) is 24.5 Å². The van der Waals surface area contributed by atoms with Crippen molar-refractivity contribution in [2.75, 3.05) is 13.2 Å². The molecule has 2 aromatic rings. The van der Waals surface area contributed by atoms with Gasteiger partial charge in [0.1, 0.15) is 5.82 Å².